The molecule has 514 valence electrons. The molecule has 0 unspecified atom stereocenters. The summed E-state index contributed by atoms with van der Waals surface area (Å²) in [6.07, 6.45) is -10.8. The van der Waals surface area contributed by atoms with E-state index in [2.05, 4.69) is 0 Å². The van der Waals surface area contributed by atoms with E-state index < -0.39 is 105 Å². The van der Waals surface area contributed by atoms with Gasteiger partial charge in [0, 0.05) is 61.0 Å². The normalized spacial score (nSPS) is 13.2. The molecule has 4 aliphatic heterocycles. The molecule has 0 aliphatic carbocycles. The van der Waals surface area contributed by atoms with Crippen molar-refractivity contribution in [2.75, 3.05) is 24.5 Å². The highest BCUT2D eigenvalue weighted by molar-refractivity contribution is 8.00. The Hall–Kier alpha value is -12.3. The highest BCUT2D eigenvalue weighted by atomic mass is 32.2. The number of alkyl halides is 6. The summed E-state index contributed by atoms with van der Waals surface area (Å²) in [6.45, 7) is -2.71. The first-order chi connectivity index (χ1) is 51.4. The van der Waals surface area contributed by atoms with Crippen molar-refractivity contribution in [3.8, 4) is 22.3 Å². The minimum atomic E-state index is -5.50. The summed E-state index contributed by atoms with van der Waals surface area (Å²) in [5.41, 5.74) is -0.966. The second-order valence-corrected chi connectivity index (χ2v) is 27.1. The number of anilines is 15. The lowest BCUT2D eigenvalue weighted by Crippen LogP contribution is -2.65. The van der Waals surface area contributed by atoms with Crippen molar-refractivity contribution in [1.82, 2.24) is 0 Å². The Balaban J connectivity index is 0.963. The lowest BCUT2D eigenvalue weighted by molar-refractivity contribution is -0.139. The SMILES string of the molecule is Fc1cccc(F)c1N(c1ccccc1)c1cc2c3c(c1)N(c1ccccc1C(F)(F)F)c1c(cc4c(c1C(F)(F)F)Sc1cc(N(c5ccc(-c6ccccc6)cc5)c5ccc(-c6ccccc6)cc5)cc5c1B4c1ccccc1N5c1c(F)cccc1F)B3c1ccccc1N2c1c(F)cccc1F. The molecule has 5 nitrogen and oxygen atoms in total. The fourth-order valence-corrected chi connectivity index (χ4v) is 17.1. The van der Waals surface area contributed by atoms with E-state index in [-0.39, 0.29) is 66.6 Å². The van der Waals surface area contributed by atoms with E-state index in [1.165, 1.54) is 52.3 Å². The van der Waals surface area contributed by atoms with E-state index in [9.17, 15) is 0 Å². The monoisotopic (exact) mass is 1430 g/mol. The molecule has 20 heteroatoms. The fraction of sp³-hybridized carbons (Fsp3) is 0.0233. The van der Waals surface area contributed by atoms with Crippen molar-refractivity contribution >= 4 is 143 Å². The second-order valence-electron chi connectivity index (χ2n) is 26.0. The van der Waals surface area contributed by atoms with Crippen LogP contribution in [0.2, 0.25) is 0 Å². The molecule has 0 saturated heterocycles. The summed E-state index contributed by atoms with van der Waals surface area (Å²) >= 11 is 0.691. The van der Waals surface area contributed by atoms with Crippen LogP contribution in [0.15, 0.2) is 307 Å². The predicted octanol–water partition coefficient (Wildman–Crippen LogP) is 21.7. The van der Waals surface area contributed by atoms with Gasteiger partial charge >= 0.3 is 12.4 Å². The molecule has 0 spiro atoms. The molecule has 0 fully saturated rings. The number of hydrogen-bond acceptors (Lipinski definition) is 6. The Morgan fingerprint density at radius 1 is 0.283 bits per heavy atom. The number of rotatable bonds is 11. The van der Waals surface area contributed by atoms with Gasteiger partial charge in [0.05, 0.1) is 28.2 Å². The van der Waals surface area contributed by atoms with Gasteiger partial charge in [0.15, 0.2) is 0 Å². The lowest BCUT2D eigenvalue weighted by atomic mass is 9.30. The molecule has 0 saturated carbocycles. The Labute approximate surface area is 604 Å². The molecule has 0 atom stereocenters. The predicted molar refractivity (Wildman–Crippen MR) is 400 cm³/mol. The van der Waals surface area contributed by atoms with Crippen molar-refractivity contribution in [2.24, 2.45) is 0 Å². The number of fused-ring (bicyclic) bond motifs is 8. The van der Waals surface area contributed by atoms with Crippen molar-refractivity contribution in [2.45, 2.75) is 22.1 Å². The fourth-order valence-electron chi connectivity index (χ4n) is 15.8. The third-order valence-electron chi connectivity index (χ3n) is 20.1. The van der Waals surface area contributed by atoms with Crippen molar-refractivity contribution in [1.29, 1.82) is 0 Å². The molecular formula is C86H49B2F12N5S. The van der Waals surface area contributed by atoms with Gasteiger partial charge in [0.2, 0.25) is 6.71 Å². The van der Waals surface area contributed by atoms with Crippen LogP contribution in [0.25, 0.3) is 22.3 Å². The van der Waals surface area contributed by atoms with Crippen LogP contribution in [-0.4, -0.2) is 13.4 Å². The Morgan fingerprint density at radius 3 is 1.15 bits per heavy atom. The zero-order valence-electron chi connectivity index (χ0n) is 55.1. The summed E-state index contributed by atoms with van der Waals surface area (Å²) in [4.78, 5) is 6.26. The van der Waals surface area contributed by atoms with Gasteiger partial charge in [0.25, 0.3) is 6.71 Å². The Morgan fingerprint density at radius 2 is 0.670 bits per heavy atom. The molecule has 0 amide bonds. The van der Waals surface area contributed by atoms with Gasteiger partial charge in [-0.1, -0.05) is 193 Å². The van der Waals surface area contributed by atoms with Crippen LogP contribution in [0.5, 0.6) is 0 Å². The molecule has 14 aromatic rings. The summed E-state index contributed by atoms with van der Waals surface area (Å²) in [5, 5.41) is 0. The van der Waals surface area contributed by atoms with Gasteiger partial charge in [-0.3, -0.25) is 0 Å². The van der Waals surface area contributed by atoms with E-state index in [0.717, 1.165) is 98.8 Å². The van der Waals surface area contributed by atoms with E-state index >= 15 is 52.7 Å². The summed E-state index contributed by atoms with van der Waals surface area (Å²) in [7, 11) is 0. The van der Waals surface area contributed by atoms with Crippen LogP contribution in [-0.2, 0) is 12.4 Å². The standard InChI is InChI=1S/C86H49B2F12N5S/c89-64-28-16-29-65(90)81(64)102(54-23-8-3-9-24-54)57-45-73-78-74(46-57)104(82-66(91)30-17-31-67(82)92)71-35-14-11-26-60(71)87(78)62-49-63-84(77(86(98,99)100)80(62)103(73)70-34-13-10-25-59(70)85(95,96)97)106-76-48-58(47-75-79(76)88(63)61-27-12-15-36-72(61)105(75)83-68(93)32-18-33-69(83)94)101(55-41-37-52(38-42-55)50-19-4-1-5-20-50)56-43-39-53(40-44-56)51-21-6-2-7-22-51/h1-49H. The topological polar surface area (TPSA) is 16.2 Å². The molecule has 4 heterocycles. The van der Waals surface area contributed by atoms with Gasteiger partial charge < -0.3 is 24.5 Å². The molecule has 0 bridgehead atoms. The Bertz CT molecular complexity index is 5730. The van der Waals surface area contributed by atoms with Gasteiger partial charge in [-0.05, 0) is 171 Å². The molecule has 4 aliphatic rings. The number of halogens is 12. The second kappa shape index (κ2) is 25.3. The van der Waals surface area contributed by atoms with E-state index in [1.807, 2.05) is 114 Å². The van der Waals surface area contributed by atoms with E-state index in [1.54, 1.807) is 78.9 Å². The maximum atomic E-state index is 18.3. The molecule has 18 rings (SSSR count). The molecule has 14 aromatic carbocycles. The van der Waals surface area contributed by atoms with Crippen LogP contribution in [0.4, 0.5) is 138 Å². The minimum Gasteiger partial charge on any atom is -0.310 e. The zero-order chi connectivity index (χ0) is 72.6. The molecule has 0 aromatic heterocycles. The highest BCUT2D eigenvalue weighted by Crippen LogP contribution is 2.57. The molecule has 106 heavy (non-hydrogen) atoms. The summed E-state index contributed by atoms with van der Waals surface area (Å²) < 4.78 is 207. The summed E-state index contributed by atoms with van der Waals surface area (Å²) in [5.74, 6) is -6.39. The van der Waals surface area contributed by atoms with E-state index in [0.29, 0.717) is 39.7 Å². The van der Waals surface area contributed by atoms with Crippen LogP contribution < -0.4 is 57.3 Å². The molecular weight excluding hydrogens is 1380 g/mol. The maximum absolute atomic E-state index is 18.3. The van der Waals surface area contributed by atoms with Crippen LogP contribution in [0, 0.1) is 34.9 Å². The average molecular weight is 1430 g/mol. The number of para-hydroxylation sites is 7. The lowest BCUT2D eigenvalue weighted by Gasteiger charge is -2.47. The quantitative estimate of drug-likeness (QED) is 0.0941. The third kappa shape index (κ3) is 10.6. The Kier molecular flexibility index (Phi) is 15.7. The number of hydrogen-bond donors (Lipinski definition) is 0. The molecule has 0 radical (unpaired) electrons. The maximum Gasteiger partial charge on any atom is 0.419 e. The first-order valence-corrected chi connectivity index (χ1v) is 34.6. The van der Waals surface area contributed by atoms with Gasteiger partial charge in [-0.15, -0.1) is 0 Å². The zero-order valence-corrected chi connectivity index (χ0v) is 55.9. The van der Waals surface area contributed by atoms with Crippen molar-refractivity contribution in [3.05, 3.63) is 343 Å². The number of benzene rings is 14. The van der Waals surface area contributed by atoms with Crippen molar-refractivity contribution < 1.29 is 52.7 Å². The van der Waals surface area contributed by atoms with Gasteiger partial charge in [-0.25, -0.2) is 26.3 Å². The first kappa shape index (κ1) is 65.7. The summed E-state index contributed by atoms with van der Waals surface area (Å²) in [6, 6.07) is 76.6. The first-order valence-electron chi connectivity index (χ1n) is 33.7. The van der Waals surface area contributed by atoms with Crippen LogP contribution in [0.1, 0.15) is 11.1 Å². The highest BCUT2D eigenvalue weighted by Gasteiger charge is 2.54. The largest absolute Gasteiger partial charge is 0.419 e. The van der Waals surface area contributed by atoms with E-state index in [4.69, 9.17) is 0 Å². The van der Waals surface area contributed by atoms with Crippen LogP contribution in [0.3, 0.4) is 0 Å². The smallest absolute Gasteiger partial charge is 0.310 e. The van der Waals surface area contributed by atoms with Gasteiger partial charge in [-0.2, -0.15) is 26.3 Å². The minimum absolute atomic E-state index is 0.0135. The van der Waals surface area contributed by atoms with Crippen LogP contribution >= 0.6 is 11.8 Å². The molecule has 0 N–H and O–H groups in total. The van der Waals surface area contributed by atoms with Crippen molar-refractivity contribution in [3.63, 3.8) is 0 Å². The third-order valence-corrected chi connectivity index (χ3v) is 21.3. The van der Waals surface area contributed by atoms with Gasteiger partial charge in [0.1, 0.15) is 52.0 Å². The average Bonchev–Trinajstić information content (AvgIpc) is 0.677. The number of nitrogens with zero attached hydrogens (tertiary/aromatic N) is 5.